The monoisotopic (exact) mass is 528 g/mol. The smallest absolute Gasteiger partial charge is 0.327 e. The number of β-lactam (4-membered cyclic amide) rings is 1. The Morgan fingerprint density at radius 3 is 2.22 bits per heavy atom. The van der Waals surface area contributed by atoms with E-state index in [2.05, 4.69) is 12.2 Å². The highest BCUT2D eigenvalue weighted by molar-refractivity contribution is 7.57. The van der Waals surface area contributed by atoms with E-state index in [4.69, 9.17) is 4.74 Å². The van der Waals surface area contributed by atoms with Gasteiger partial charge < -0.3 is 14.9 Å². The minimum absolute atomic E-state index is 0.114. The first-order valence-electron chi connectivity index (χ1n) is 13.4. The predicted octanol–water partition coefficient (Wildman–Crippen LogP) is 6.78. The molecule has 0 spiro atoms. The molecule has 3 atom stereocenters. The van der Waals surface area contributed by atoms with Crippen LogP contribution in [-0.2, 0) is 15.5 Å². The van der Waals surface area contributed by atoms with Crippen molar-refractivity contribution in [2.75, 3.05) is 6.16 Å². The Labute approximate surface area is 221 Å². The first-order valence-corrected chi connectivity index (χ1v) is 15.4. The highest BCUT2D eigenvalue weighted by Crippen LogP contribution is 2.47. The summed E-state index contributed by atoms with van der Waals surface area (Å²) in [5.74, 6) is 0.286. The highest BCUT2D eigenvalue weighted by Gasteiger charge is 2.63. The van der Waals surface area contributed by atoms with Crippen LogP contribution in [0.15, 0.2) is 48.5 Å². The molecule has 2 aromatic rings. The molecule has 1 saturated heterocycles. The lowest BCUT2D eigenvalue weighted by atomic mass is 9.72. The molecule has 0 radical (unpaired) electrons. The van der Waals surface area contributed by atoms with Gasteiger partial charge >= 0.3 is 6.03 Å². The molecule has 7 nitrogen and oxygen atoms in total. The van der Waals surface area contributed by atoms with Gasteiger partial charge in [0.05, 0.1) is 6.04 Å². The number of amides is 3. The summed E-state index contributed by atoms with van der Waals surface area (Å²) < 4.78 is 18.6. The van der Waals surface area contributed by atoms with Crippen molar-refractivity contribution >= 4 is 19.3 Å². The van der Waals surface area contributed by atoms with Crippen LogP contribution in [0, 0.1) is 12.3 Å². The summed E-state index contributed by atoms with van der Waals surface area (Å²) in [5.41, 5.74) is 2.12. The van der Waals surface area contributed by atoms with Crippen molar-refractivity contribution in [2.45, 2.75) is 85.2 Å². The van der Waals surface area contributed by atoms with Gasteiger partial charge in [-0.25, -0.2) is 9.69 Å². The van der Waals surface area contributed by atoms with Gasteiger partial charge in [-0.1, -0.05) is 76.1 Å². The molecule has 2 N–H and O–H groups in total. The Hall–Kier alpha value is -2.63. The molecule has 0 bridgehead atoms. The van der Waals surface area contributed by atoms with E-state index in [1.165, 1.54) is 4.90 Å². The van der Waals surface area contributed by atoms with Crippen molar-refractivity contribution in [1.29, 1.82) is 0 Å². The molecule has 1 heterocycles. The minimum Gasteiger partial charge on any atom is -0.469 e. The topological polar surface area (TPSA) is 95.9 Å². The van der Waals surface area contributed by atoms with Gasteiger partial charge in [0, 0.05) is 12.3 Å². The lowest BCUT2D eigenvalue weighted by Gasteiger charge is -2.53. The van der Waals surface area contributed by atoms with Gasteiger partial charge in [-0.3, -0.25) is 9.36 Å². The van der Waals surface area contributed by atoms with Crippen LogP contribution in [0.5, 0.6) is 5.75 Å². The summed E-state index contributed by atoms with van der Waals surface area (Å²) in [4.78, 5) is 38.1. The maximum Gasteiger partial charge on any atom is 0.327 e. The average Bonchev–Trinajstić information content (AvgIpc) is 2.86. The Morgan fingerprint density at radius 1 is 1.05 bits per heavy atom. The summed E-state index contributed by atoms with van der Waals surface area (Å²) in [5, 5.41) is 3.06. The normalized spacial score (nSPS) is 19.0. The van der Waals surface area contributed by atoms with Crippen molar-refractivity contribution in [2.24, 2.45) is 5.41 Å². The van der Waals surface area contributed by atoms with E-state index in [-0.39, 0.29) is 24.3 Å². The SMILES string of the molecule is CCC[C@@H](NC(=O)N1C(=O)C(CC)(CC)[C@@H]1Oc1ccc(CP(=O)(O)CCC)cc1)c1ccc(C)cc1. The number of imide groups is 1. The molecule has 1 aliphatic rings. The largest absolute Gasteiger partial charge is 0.469 e. The Morgan fingerprint density at radius 2 is 1.68 bits per heavy atom. The van der Waals surface area contributed by atoms with E-state index in [1.54, 1.807) is 24.3 Å². The predicted molar refractivity (Wildman–Crippen MR) is 147 cm³/mol. The fourth-order valence-electron chi connectivity index (χ4n) is 5.04. The Bertz CT molecular complexity index is 1110. The van der Waals surface area contributed by atoms with Crippen molar-refractivity contribution in [3.8, 4) is 5.75 Å². The van der Waals surface area contributed by atoms with E-state index < -0.39 is 25.0 Å². The van der Waals surface area contributed by atoms with E-state index in [0.29, 0.717) is 25.0 Å². The standard InChI is InChI=1S/C29H41N2O5P/c1-6-10-25(23-15-11-21(5)12-16-23)30-28(33)31-26(32)29(8-3,9-4)27(31)36-24-17-13-22(14-18-24)20-37(34,35)19-7-2/h11-18,25,27H,6-10,19-20H2,1-5H3,(H,30,33)(H,34,35)/t25-,27+/m1/s1. The van der Waals surface area contributed by atoms with Gasteiger partial charge in [0.25, 0.3) is 0 Å². The number of ether oxygens (including phenoxy) is 1. The van der Waals surface area contributed by atoms with Crippen LogP contribution in [0.4, 0.5) is 4.79 Å². The number of nitrogens with zero attached hydrogens (tertiary/aromatic N) is 1. The molecule has 0 saturated carbocycles. The molecule has 1 aliphatic heterocycles. The van der Waals surface area contributed by atoms with Crippen LogP contribution >= 0.6 is 7.37 Å². The van der Waals surface area contributed by atoms with Crippen molar-refractivity contribution in [1.82, 2.24) is 10.2 Å². The van der Waals surface area contributed by atoms with E-state index >= 15 is 0 Å². The lowest BCUT2D eigenvalue weighted by Crippen LogP contribution is -2.73. The Kier molecular flexibility index (Phi) is 9.60. The number of likely N-dealkylation sites (tertiary alicyclic amines) is 1. The number of nitrogens with one attached hydrogen (secondary N) is 1. The Balaban J connectivity index is 1.79. The van der Waals surface area contributed by atoms with Crippen LogP contribution < -0.4 is 10.1 Å². The van der Waals surface area contributed by atoms with Gasteiger partial charge in [-0.2, -0.15) is 0 Å². The number of carbonyl (C=O) groups is 2. The van der Waals surface area contributed by atoms with E-state index in [0.717, 1.165) is 29.5 Å². The van der Waals surface area contributed by atoms with Gasteiger partial charge in [0.15, 0.2) is 6.23 Å². The molecule has 0 aromatic heterocycles. The van der Waals surface area contributed by atoms with Crippen molar-refractivity contribution in [3.05, 3.63) is 65.2 Å². The lowest BCUT2D eigenvalue weighted by molar-refractivity contribution is -0.191. The van der Waals surface area contributed by atoms with Gasteiger partial charge in [-0.05, 0) is 55.9 Å². The minimum atomic E-state index is -3.21. The summed E-state index contributed by atoms with van der Waals surface area (Å²) in [7, 11) is -3.21. The zero-order valence-electron chi connectivity index (χ0n) is 22.7. The van der Waals surface area contributed by atoms with E-state index in [1.807, 2.05) is 52.0 Å². The summed E-state index contributed by atoms with van der Waals surface area (Å²) in [6.45, 7) is 9.85. The van der Waals surface area contributed by atoms with Gasteiger partial charge in [0.2, 0.25) is 13.3 Å². The number of hydrogen-bond acceptors (Lipinski definition) is 4. The molecular weight excluding hydrogens is 487 g/mol. The maximum absolute atomic E-state index is 13.4. The molecule has 1 unspecified atom stereocenters. The third kappa shape index (κ3) is 6.45. The number of aryl methyl sites for hydroxylation is 1. The average molecular weight is 529 g/mol. The molecule has 0 aliphatic carbocycles. The second kappa shape index (κ2) is 12.3. The van der Waals surface area contributed by atoms with Crippen molar-refractivity contribution in [3.63, 3.8) is 0 Å². The fourth-order valence-corrected chi connectivity index (χ4v) is 6.68. The number of urea groups is 1. The molecule has 2 aromatic carbocycles. The van der Waals surface area contributed by atoms with Crippen LogP contribution in [0.1, 0.15) is 82.5 Å². The van der Waals surface area contributed by atoms with Crippen molar-refractivity contribution < 1.29 is 23.8 Å². The maximum atomic E-state index is 13.4. The summed E-state index contributed by atoms with van der Waals surface area (Å²) >= 11 is 0. The van der Waals surface area contributed by atoms with Crippen LogP contribution in [-0.4, -0.2) is 34.1 Å². The molecule has 3 rings (SSSR count). The molecule has 8 heteroatoms. The third-order valence-electron chi connectivity index (χ3n) is 7.36. The third-order valence-corrected chi connectivity index (χ3v) is 9.37. The zero-order valence-corrected chi connectivity index (χ0v) is 23.6. The summed E-state index contributed by atoms with van der Waals surface area (Å²) in [6.07, 6.45) is 3.06. The van der Waals surface area contributed by atoms with Crippen LogP contribution in [0.25, 0.3) is 0 Å². The zero-order chi connectivity index (χ0) is 27.2. The van der Waals surface area contributed by atoms with Gasteiger partial charge in [0.1, 0.15) is 11.2 Å². The molecular formula is C29H41N2O5P. The van der Waals surface area contributed by atoms with Gasteiger partial charge in [-0.15, -0.1) is 0 Å². The summed E-state index contributed by atoms with van der Waals surface area (Å²) in [6, 6.07) is 14.4. The first-order chi connectivity index (χ1) is 17.6. The first kappa shape index (κ1) is 28.9. The molecule has 202 valence electrons. The highest BCUT2D eigenvalue weighted by atomic mass is 31.2. The molecule has 37 heavy (non-hydrogen) atoms. The quantitative estimate of drug-likeness (QED) is 0.234. The number of benzene rings is 2. The van der Waals surface area contributed by atoms with Crippen LogP contribution in [0.3, 0.4) is 0 Å². The fraction of sp³-hybridized carbons (Fsp3) is 0.517. The molecule has 3 amide bonds. The number of hydrogen-bond donors (Lipinski definition) is 2. The van der Waals surface area contributed by atoms with Crippen LogP contribution in [0.2, 0.25) is 0 Å². The van der Waals surface area contributed by atoms with E-state index in [9.17, 15) is 19.0 Å². The second-order valence-corrected chi connectivity index (χ2v) is 12.5. The second-order valence-electron chi connectivity index (χ2n) is 10.1. The number of carbonyl (C=O) groups excluding carboxylic acids is 2. The number of rotatable bonds is 12. The molecule has 1 fully saturated rings.